The predicted molar refractivity (Wildman–Crippen MR) is 152 cm³/mol. The minimum Gasteiger partial charge on any atom is -0.495 e. The van der Waals surface area contributed by atoms with Crippen molar-refractivity contribution in [2.75, 3.05) is 79.7 Å². The number of nitriles is 1. The van der Waals surface area contributed by atoms with E-state index < -0.39 is 30.1 Å². The van der Waals surface area contributed by atoms with Crippen molar-refractivity contribution in [2.45, 2.75) is 25.6 Å². The molecule has 1 aliphatic heterocycles. The molecule has 3 atom stereocenters. The van der Waals surface area contributed by atoms with Crippen LogP contribution in [0.1, 0.15) is 18.9 Å². The quantitative estimate of drug-likeness (QED) is 0.213. The second-order valence-corrected chi connectivity index (χ2v) is 9.57. The van der Waals surface area contributed by atoms with Gasteiger partial charge in [-0.15, -0.1) is 0 Å². The largest absolute Gasteiger partial charge is 0.495 e. The fourth-order valence-corrected chi connectivity index (χ4v) is 4.76. The van der Waals surface area contributed by atoms with Crippen LogP contribution in [0.3, 0.4) is 0 Å². The van der Waals surface area contributed by atoms with Gasteiger partial charge in [0.15, 0.2) is 6.17 Å². The van der Waals surface area contributed by atoms with Gasteiger partial charge in [0.1, 0.15) is 18.4 Å². The minimum atomic E-state index is -1.62. The molecule has 2 heterocycles. The molecule has 1 aliphatic rings. The van der Waals surface area contributed by atoms with Gasteiger partial charge in [0.05, 0.1) is 71.6 Å². The van der Waals surface area contributed by atoms with E-state index in [0.717, 1.165) is 5.39 Å². The van der Waals surface area contributed by atoms with Crippen molar-refractivity contribution >= 4 is 22.8 Å². The van der Waals surface area contributed by atoms with E-state index in [-0.39, 0.29) is 32.9 Å². The SMILES string of the molecule is CC[C@@H]1[C@H](F)C(=O)N(CCOCCOCCOCCOCCNC(=O)O)[C@@H]1COc1nccc2cc(C#N)c(OC)cc12. The van der Waals surface area contributed by atoms with Gasteiger partial charge in [-0.2, -0.15) is 5.26 Å². The Bertz CT molecular complexity index is 1230. The van der Waals surface area contributed by atoms with Gasteiger partial charge >= 0.3 is 6.09 Å². The minimum absolute atomic E-state index is 0.0481. The number of ether oxygens (including phenoxy) is 6. The molecule has 2 aromatic rings. The molecule has 14 heteroatoms. The van der Waals surface area contributed by atoms with Crippen LogP contribution in [0.4, 0.5) is 9.18 Å². The van der Waals surface area contributed by atoms with Crippen LogP contribution in [0.25, 0.3) is 10.8 Å². The van der Waals surface area contributed by atoms with Gasteiger partial charge in [-0.1, -0.05) is 6.92 Å². The molecule has 43 heavy (non-hydrogen) atoms. The number of nitrogens with zero attached hydrogens (tertiary/aromatic N) is 3. The van der Waals surface area contributed by atoms with Gasteiger partial charge in [-0.05, 0) is 30.0 Å². The number of rotatable bonds is 20. The number of pyridine rings is 1. The van der Waals surface area contributed by atoms with Crippen molar-refractivity contribution in [1.29, 1.82) is 5.26 Å². The van der Waals surface area contributed by atoms with Crippen LogP contribution in [-0.2, 0) is 23.7 Å². The summed E-state index contributed by atoms with van der Waals surface area (Å²) in [6, 6.07) is 6.74. The highest BCUT2D eigenvalue weighted by Crippen LogP contribution is 2.33. The average Bonchev–Trinajstić information content (AvgIpc) is 3.24. The summed E-state index contributed by atoms with van der Waals surface area (Å²) in [5.74, 6) is -0.408. The fourth-order valence-electron chi connectivity index (χ4n) is 4.76. The Balaban J connectivity index is 1.40. The molecule has 1 aromatic carbocycles. The van der Waals surface area contributed by atoms with Crippen LogP contribution in [0.5, 0.6) is 11.6 Å². The van der Waals surface area contributed by atoms with Gasteiger partial charge in [-0.25, -0.2) is 14.2 Å². The lowest BCUT2D eigenvalue weighted by Crippen LogP contribution is -2.41. The average molecular weight is 607 g/mol. The number of carboxylic acid groups (broad SMARTS) is 1. The molecule has 236 valence electrons. The molecule has 0 spiro atoms. The standard InChI is InChI=1S/C29H39FN4O9/c1-3-22-24(19-43-27-23-17-25(38-2)21(18-31)16-20(23)4-5-32-27)34(28(35)26(22)30)7-9-40-11-13-42-15-14-41-12-10-39-8-6-33-29(36)37/h4-5,16-17,22,24,26,33H,3,6-15,19H2,1-2H3,(H,36,37)/t22-,24+,26-/m0/s1. The number of carbonyl (C=O) groups is 2. The van der Waals surface area contributed by atoms with Gasteiger partial charge in [0.25, 0.3) is 5.91 Å². The van der Waals surface area contributed by atoms with Crippen LogP contribution >= 0.6 is 0 Å². The molecule has 0 aliphatic carbocycles. The number of hydrogen-bond donors (Lipinski definition) is 2. The molecule has 2 N–H and O–H groups in total. The van der Waals surface area contributed by atoms with Gasteiger partial charge in [-0.3, -0.25) is 4.79 Å². The molecule has 0 unspecified atom stereocenters. The summed E-state index contributed by atoms with van der Waals surface area (Å²) in [5.41, 5.74) is 0.385. The zero-order valence-corrected chi connectivity index (χ0v) is 24.5. The zero-order chi connectivity index (χ0) is 31.0. The molecule has 3 rings (SSSR count). The first-order chi connectivity index (χ1) is 20.9. The number of hydrogen-bond acceptors (Lipinski definition) is 10. The maximum absolute atomic E-state index is 14.9. The van der Waals surface area contributed by atoms with E-state index in [4.69, 9.17) is 33.5 Å². The number of amides is 2. The molecule has 1 saturated heterocycles. The Hall–Kier alpha value is -3.77. The number of nitrogens with one attached hydrogen (secondary N) is 1. The second-order valence-electron chi connectivity index (χ2n) is 9.57. The van der Waals surface area contributed by atoms with E-state index in [1.54, 1.807) is 24.4 Å². The normalized spacial score (nSPS) is 18.1. The van der Waals surface area contributed by atoms with E-state index in [1.807, 2.05) is 6.92 Å². The van der Waals surface area contributed by atoms with E-state index in [9.17, 15) is 19.2 Å². The van der Waals surface area contributed by atoms with Crippen molar-refractivity contribution in [3.8, 4) is 17.7 Å². The van der Waals surface area contributed by atoms with Crippen molar-refractivity contribution < 1.29 is 47.5 Å². The van der Waals surface area contributed by atoms with Crippen LogP contribution in [0, 0.1) is 17.2 Å². The van der Waals surface area contributed by atoms with Gasteiger partial charge in [0.2, 0.25) is 5.88 Å². The maximum Gasteiger partial charge on any atom is 0.404 e. The third-order valence-corrected chi connectivity index (χ3v) is 6.94. The third-order valence-electron chi connectivity index (χ3n) is 6.94. The van der Waals surface area contributed by atoms with E-state index in [0.29, 0.717) is 68.6 Å². The summed E-state index contributed by atoms with van der Waals surface area (Å²) < 4.78 is 48.0. The van der Waals surface area contributed by atoms with Crippen LogP contribution < -0.4 is 14.8 Å². The summed E-state index contributed by atoms with van der Waals surface area (Å²) in [4.78, 5) is 28.9. The number of carbonyl (C=O) groups excluding carboxylic acids is 1. The highest BCUT2D eigenvalue weighted by atomic mass is 19.1. The first-order valence-electron chi connectivity index (χ1n) is 14.1. The Labute approximate surface area is 249 Å². The van der Waals surface area contributed by atoms with E-state index in [1.165, 1.54) is 12.0 Å². The summed E-state index contributed by atoms with van der Waals surface area (Å²) in [7, 11) is 1.48. The van der Waals surface area contributed by atoms with E-state index in [2.05, 4.69) is 16.4 Å². The summed E-state index contributed by atoms with van der Waals surface area (Å²) in [6.07, 6.45) is -0.675. The van der Waals surface area contributed by atoms with Crippen molar-refractivity contribution in [1.82, 2.24) is 15.2 Å². The lowest BCUT2D eigenvalue weighted by Gasteiger charge is -2.27. The molecule has 13 nitrogen and oxygen atoms in total. The smallest absolute Gasteiger partial charge is 0.404 e. The highest BCUT2D eigenvalue weighted by Gasteiger charge is 2.47. The number of alkyl halides is 1. The summed E-state index contributed by atoms with van der Waals surface area (Å²) in [5, 5.41) is 21.4. The highest BCUT2D eigenvalue weighted by molar-refractivity contribution is 5.89. The second kappa shape index (κ2) is 18.0. The molecule has 0 saturated carbocycles. The Kier molecular flexibility index (Phi) is 14.1. The monoisotopic (exact) mass is 606 g/mol. The van der Waals surface area contributed by atoms with Crippen LogP contribution in [0.2, 0.25) is 0 Å². The number of fused-ring (bicyclic) bond motifs is 1. The lowest BCUT2D eigenvalue weighted by atomic mass is 9.96. The Morgan fingerprint density at radius 3 is 2.35 bits per heavy atom. The van der Waals surface area contributed by atoms with Gasteiger partial charge in [0, 0.05) is 30.6 Å². The van der Waals surface area contributed by atoms with Crippen LogP contribution in [0.15, 0.2) is 24.4 Å². The number of aromatic nitrogens is 1. The predicted octanol–water partition coefficient (Wildman–Crippen LogP) is 2.40. The Morgan fingerprint density at radius 2 is 1.74 bits per heavy atom. The molecule has 1 fully saturated rings. The van der Waals surface area contributed by atoms with Crippen LogP contribution in [-0.4, -0.2) is 119 Å². The fraction of sp³-hybridized carbons (Fsp3) is 0.586. The number of benzene rings is 1. The molecule has 0 radical (unpaired) electrons. The lowest BCUT2D eigenvalue weighted by molar-refractivity contribution is -0.134. The molecule has 2 amide bonds. The van der Waals surface area contributed by atoms with E-state index >= 15 is 0 Å². The number of methoxy groups -OCH3 is 1. The topological polar surface area (TPSA) is 162 Å². The number of likely N-dealkylation sites (tertiary alicyclic amines) is 1. The third kappa shape index (κ3) is 9.89. The summed E-state index contributed by atoms with van der Waals surface area (Å²) in [6.45, 7) is 4.86. The van der Waals surface area contributed by atoms with Crippen molar-refractivity contribution in [3.05, 3.63) is 30.0 Å². The molecule has 0 bridgehead atoms. The summed E-state index contributed by atoms with van der Waals surface area (Å²) >= 11 is 0. The Morgan fingerprint density at radius 1 is 1.09 bits per heavy atom. The maximum atomic E-state index is 14.9. The molecule has 1 aromatic heterocycles. The molecular weight excluding hydrogens is 567 g/mol. The van der Waals surface area contributed by atoms with Crippen molar-refractivity contribution in [2.24, 2.45) is 5.92 Å². The number of halogens is 1. The van der Waals surface area contributed by atoms with Gasteiger partial charge < -0.3 is 43.7 Å². The molecular formula is C29H39FN4O9. The first kappa shape index (κ1) is 33.7. The zero-order valence-electron chi connectivity index (χ0n) is 24.5. The van der Waals surface area contributed by atoms with Crippen molar-refractivity contribution in [3.63, 3.8) is 0 Å². The first-order valence-corrected chi connectivity index (χ1v) is 14.1.